The molecule has 4 nitrogen and oxygen atoms in total. The predicted molar refractivity (Wildman–Crippen MR) is 91.9 cm³/mol. The molecule has 0 saturated carbocycles. The van der Waals surface area contributed by atoms with Crippen LogP contribution in [0.25, 0.3) is 0 Å². The molecule has 4 heteroatoms. The topological polar surface area (TPSA) is 58.6 Å². The Morgan fingerprint density at radius 3 is 2.00 bits per heavy atom. The maximum absolute atomic E-state index is 11.5. The van der Waals surface area contributed by atoms with Crippen molar-refractivity contribution in [2.24, 2.45) is 0 Å². The number of allylic oxidation sites excluding steroid dienone is 2. The van der Waals surface area contributed by atoms with E-state index in [1.54, 1.807) is 0 Å². The van der Waals surface area contributed by atoms with E-state index in [2.05, 4.69) is 5.32 Å². The Kier molecular flexibility index (Phi) is 8.46. The highest BCUT2D eigenvalue weighted by Crippen LogP contribution is 2.30. The van der Waals surface area contributed by atoms with Gasteiger partial charge in [0, 0.05) is 6.54 Å². The maximum Gasteiger partial charge on any atom is 0.407 e. The number of hydrogen-bond donors (Lipinski definition) is 2. The highest BCUT2D eigenvalue weighted by Gasteiger charge is 2.29. The number of carbonyl (C=O) groups excluding carboxylic acids is 1. The average Bonchev–Trinajstić information content (AvgIpc) is 2.42. The Labute approximate surface area is 135 Å². The van der Waals surface area contributed by atoms with Crippen LogP contribution in [0.15, 0.2) is 23.3 Å². The van der Waals surface area contributed by atoms with Crippen molar-refractivity contribution >= 4 is 6.09 Å². The summed E-state index contributed by atoms with van der Waals surface area (Å²) >= 11 is 0. The quantitative estimate of drug-likeness (QED) is 0.543. The van der Waals surface area contributed by atoms with Gasteiger partial charge < -0.3 is 15.2 Å². The monoisotopic (exact) mass is 311 g/mol. The van der Waals surface area contributed by atoms with Gasteiger partial charge in [-0.1, -0.05) is 12.2 Å². The van der Waals surface area contributed by atoms with Crippen molar-refractivity contribution in [3.05, 3.63) is 23.3 Å². The third-order valence-corrected chi connectivity index (χ3v) is 3.80. The minimum atomic E-state index is -0.880. The second-order valence-electron chi connectivity index (χ2n) is 6.69. The lowest BCUT2D eigenvalue weighted by Crippen LogP contribution is -2.34. The summed E-state index contributed by atoms with van der Waals surface area (Å²) in [7, 11) is 0. The fraction of sp³-hybridized carbons (Fsp3) is 0.722. The standard InChI is InChI=1S/C18H33NO3/c1-8-14(3)18(21,15(4)9-2)12-10-11-13-19-16(20)22-17(5,6)7/h8-9,21H,10-13H2,1-7H3,(H,19,20)/b14-8-,15-9+. The molecular weight excluding hydrogens is 278 g/mol. The summed E-state index contributed by atoms with van der Waals surface area (Å²) < 4.78 is 5.18. The van der Waals surface area contributed by atoms with Gasteiger partial charge in [-0.05, 0) is 78.9 Å². The lowest BCUT2D eigenvalue weighted by atomic mass is 9.82. The molecule has 0 aliphatic heterocycles. The SMILES string of the molecule is C/C=C(/C)C(O)(CCCCNC(=O)OC(C)(C)C)/C(C)=C/C. The van der Waals surface area contributed by atoms with Gasteiger partial charge >= 0.3 is 6.09 Å². The number of ether oxygens (including phenoxy) is 1. The molecule has 2 N–H and O–H groups in total. The molecule has 0 saturated heterocycles. The van der Waals surface area contributed by atoms with Gasteiger partial charge in [-0.25, -0.2) is 4.79 Å². The fourth-order valence-corrected chi connectivity index (χ4v) is 2.19. The van der Waals surface area contributed by atoms with Crippen molar-refractivity contribution in [2.75, 3.05) is 6.54 Å². The third-order valence-electron chi connectivity index (χ3n) is 3.80. The molecule has 22 heavy (non-hydrogen) atoms. The van der Waals surface area contributed by atoms with Crippen molar-refractivity contribution in [2.45, 2.75) is 78.9 Å². The molecule has 0 heterocycles. The van der Waals surface area contributed by atoms with E-state index in [-0.39, 0.29) is 0 Å². The van der Waals surface area contributed by atoms with Crippen LogP contribution in [0, 0.1) is 0 Å². The van der Waals surface area contributed by atoms with Crippen LogP contribution >= 0.6 is 0 Å². The first-order valence-corrected chi connectivity index (χ1v) is 8.03. The number of hydrogen-bond acceptors (Lipinski definition) is 3. The van der Waals surface area contributed by atoms with Gasteiger partial charge in [-0.3, -0.25) is 0 Å². The maximum atomic E-state index is 11.5. The van der Waals surface area contributed by atoms with Crippen LogP contribution in [0.2, 0.25) is 0 Å². The zero-order valence-corrected chi connectivity index (χ0v) is 15.2. The first-order chi connectivity index (χ1) is 10.1. The number of carbonyl (C=O) groups is 1. The predicted octanol–water partition coefficient (Wildman–Crippen LogP) is 4.34. The van der Waals surface area contributed by atoms with E-state index >= 15 is 0 Å². The van der Waals surface area contributed by atoms with Crippen LogP contribution < -0.4 is 5.32 Å². The molecule has 0 radical (unpaired) electrons. The Balaban J connectivity index is 4.30. The second-order valence-corrected chi connectivity index (χ2v) is 6.69. The van der Waals surface area contributed by atoms with Gasteiger partial charge in [0.2, 0.25) is 0 Å². The van der Waals surface area contributed by atoms with Crippen molar-refractivity contribution in [3.8, 4) is 0 Å². The number of alkyl carbamates (subject to hydrolysis) is 1. The molecule has 1 unspecified atom stereocenters. The molecule has 1 amide bonds. The lowest BCUT2D eigenvalue weighted by Gasteiger charge is -2.30. The minimum Gasteiger partial charge on any atom is -0.444 e. The van der Waals surface area contributed by atoms with Gasteiger partial charge in [0.05, 0.1) is 0 Å². The molecule has 0 aromatic heterocycles. The largest absolute Gasteiger partial charge is 0.444 e. The zero-order chi connectivity index (χ0) is 17.4. The molecular formula is C18H33NO3. The Hall–Kier alpha value is -1.29. The Bertz CT molecular complexity index is 399. The Morgan fingerprint density at radius 2 is 1.59 bits per heavy atom. The van der Waals surface area contributed by atoms with Crippen LogP contribution in [0.5, 0.6) is 0 Å². The van der Waals surface area contributed by atoms with Crippen molar-refractivity contribution in [1.29, 1.82) is 0 Å². The van der Waals surface area contributed by atoms with E-state index in [9.17, 15) is 9.90 Å². The zero-order valence-electron chi connectivity index (χ0n) is 15.2. The summed E-state index contributed by atoms with van der Waals surface area (Å²) in [5, 5.41) is 13.6. The summed E-state index contributed by atoms with van der Waals surface area (Å²) in [5.74, 6) is 0. The van der Waals surface area contributed by atoms with Crippen LogP contribution in [0.3, 0.4) is 0 Å². The first kappa shape index (κ1) is 20.7. The molecule has 0 aliphatic rings. The van der Waals surface area contributed by atoms with Crippen molar-refractivity contribution < 1.29 is 14.6 Å². The summed E-state index contributed by atoms with van der Waals surface area (Å²) in [6.07, 6.45) is 5.78. The lowest BCUT2D eigenvalue weighted by molar-refractivity contribution is 0.0525. The Morgan fingerprint density at radius 1 is 1.09 bits per heavy atom. The van der Waals surface area contributed by atoms with Crippen molar-refractivity contribution in [3.63, 3.8) is 0 Å². The second kappa shape index (κ2) is 8.99. The van der Waals surface area contributed by atoms with Gasteiger partial charge in [-0.2, -0.15) is 0 Å². The average molecular weight is 311 g/mol. The number of nitrogens with one attached hydrogen (secondary N) is 1. The number of unbranched alkanes of at least 4 members (excludes halogenated alkanes) is 1. The van der Waals surface area contributed by atoms with Gasteiger partial charge in [-0.15, -0.1) is 0 Å². The van der Waals surface area contributed by atoms with Crippen LogP contribution in [0.1, 0.15) is 67.7 Å². The van der Waals surface area contributed by atoms with E-state index in [0.29, 0.717) is 13.0 Å². The summed E-state index contributed by atoms with van der Waals surface area (Å²) in [6, 6.07) is 0. The molecule has 0 bridgehead atoms. The number of aliphatic hydroxyl groups is 1. The smallest absolute Gasteiger partial charge is 0.407 e. The fourth-order valence-electron chi connectivity index (χ4n) is 2.19. The van der Waals surface area contributed by atoms with E-state index in [1.165, 1.54) is 0 Å². The highest BCUT2D eigenvalue weighted by molar-refractivity contribution is 5.67. The summed E-state index contributed by atoms with van der Waals surface area (Å²) in [4.78, 5) is 11.5. The van der Waals surface area contributed by atoms with E-state index in [0.717, 1.165) is 24.0 Å². The number of rotatable bonds is 7. The van der Waals surface area contributed by atoms with Crippen molar-refractivity contribution in [1.82, 2.24) is 5.32 Å². The van der Waals surface area contributed by atoms with E-state index in [1.807, 2.05) is 60.6 Å². The molecule has 128 valence electrons. The van der Waals surface area contributed by atoms with Crippen LogP contribution in [-0.2, 0) is 4.74 Å². The minimum absolute atomic E-state index is 0.392. The summed E-state index contributed by atoms with van der Waals surface area (Å²) in [6.45, 7) is 13.8. The normalized spacial score (nSPS) is 16.2. The van der Waals surface area contributed by atoms with E-state index in [4.69, 9.17) is 4.74 Å². The third kappa shape index (κ3) is 7.12. The molecule has 0 aliphatic carbocycles. The van der Waals surface area contributed by atoms with Crippen LogP contribution in [-0.4, -0.2) is 28.9 Å². The molecule has 1 atom stereocenters. The van der Waals surface area contributed by atoms with Crippen LogP contribution in [0.4, 0.5) is 4.79 Å². The molecule has 0 rings (SSSR count). The van der Waals surface area contributed by atoms with Gasteiger partial charge in [0.15, 0.2) is 0 Å². The molecule has 0 aromatic rings. The van der Waals surface area contributed by atoms with Gasteiger partial charge in [0.1, 0.15) is 11.2 Å². The number of amides is 1. The summed E-state index contributed by atoms with van der Waals surface area (Å²) in [5.41, 5.74) is 0.567. The molecule has 0 aromatic carbocycles. The van der Waals surface area contributed by atoms with Gasteiger partial charge in [0.25, 0.3) is 0 Å². The van der Waals surface area contributed by atoms with E-state index < -0.39 is 17.3 Å². The first-order valence-electron chi connectivity index (χ1n) is 8.03. The molecule has 0 spiro atoms. The highest BCUT2D eigenvalue weighted by atomic mass is 16.6. The molecule has 0 fully saturated rings.